The van der Waals surface area contributed by atoms with E-state index in [1.54, 1.807) is 11.3 Å². The molecule has 1 aliphatic carbocycles. The maximum absolute atomic E-state index is 12.3. The maximum atomic E-state index is 12.3. The molecule has 1 amide bonds. The van der Waals surface area contributed by atoms with Crippen molar-refractivity contribution in [3.8, 4) is 0 Å². The zero-order valence-corrected chi connectivity index (χ0v) is 13.3. The molecule has 20 heavy (non-hydrogen) atoms. The highest BCUT2D eigenvalue weighted by Crippen LogP contribution is 2.50. The summed E-state index contributed by atoms with van der Waals surface area (Å²) >= 11 is 1.71. The molecule has 4 nitrogen and oxygen atoms in total. The zero-order valence-electron chi connectivity index (χ0n) is 11.7. The average Bonchev–Trinajstić information content (AvgIpc) is 2.94. The fourth-order valence-electron chi connectivity index (χ4n) is 3.04. The number of amides is 1. The summed E-state index contributed by atoms with van der Waals surface area (Å²) in [6.07, 6.45) is 1.41. The number of aryl methyl sites for hydroxylation is 1. The third-order valence-corrected chi connectivity index (χ3v) is 7.35. The zero-order chi connectivity index (χ0) is 14.5. The summed E-state index contributed by atoms with van der Waals surface area (Å²) in [6, 6.07) is 2.08. The Morgan fingerprint density at radius 2 is 2.25 bits per heavy atom. The first-order valence-corrected chi connectivity index (χ1v) is 9.56. The molecule has 1 N–H and O–H groups in total. The van der Waals surface area contributed by atoms with Gasteiger partial charge in [0.1, 0.15) is 0 Å². The molecule has 1 saturated heterocycles. The molecule has 1 aromatic rings. The molecule has 110 valence electrons. The molecule has 2 heterocycles. The van der Waals surface area contributed by atoms with Crippen molar-refractivity contribution in [1.82, 2.24) is 5.32 Å². The van der Waals surface area contributed by atoms with E-state index in [-0.39, 0.29) is 23.3 Å². The standard InChI is InChI=1S/C14H19NO3S2/c1-9-3-5-19-12(9)10-7-11(10)13(16)15-14(2)4-6-20(17,18)8-14/h3,5,10-11H,4,6-8H2,1-2H3,(H,15,16)/t10-,11+,14+/m1/s1. The molecule has 2 fully saturated rings. The van der Waals surface area contributed by atoms with Crippen LogP contribution in [-0.4, -0.2) is 31.4 Å². The monoisotopic (exact) mass is 313 g/mol. The topological polar surface area (TPSA) is 63.2 Å². The molecule has 3 atom stereocenters. The van der Waals surface area contributed by atoms with E-state index in [0.29, 0.717) is 12.3 Å². The van der Waals surface area contributed by atoms with Crippen LogP contribution in [0.15, 0.2) is 11.4 Å². The lowest BCUT2D eigenvalue weighted by Gasteiger charge is -2.24. The lowest BCUT2D eigenvalue weighted by Crippen LogP contribution is -2.47. The van der Waals surface area contributed by atoms with Gasteiger partial charge in [-0.05, 0) is 43.7 Å². The minimum atomic E-state index is -2.98. The van der Waals surface area contributed by atoms with E-state index in [9.17, 15) is 13.2 Å². The van der Waals surface area contributed by atoms with Crippen molar-refractivity contribution >= 4 is 27.1 Å². The highest BCUT2D eigenvalue weighted by atomic mass is 32.2. The molecule has 0 radical (unpaired) electrons. The van der Waals surface area contributed by atoms with Crippen molar-refractivity contribution in [1.29, 1.82) is 0 Å². The Kier molecular flexibility index (Phi) is 3.21. The summed E-state index contributed by atoms with van der Waals surface area (Å²) in [7, 11) is -2.98. The van der Waals surface area contributed by atoms with Crippen LogP contribution in [0.2, 0.25) is 0 Å². The van der Waals surface area contributed by atoms with E-state index in [0.717, 1.165) is 6.42 Å². The third-order valence-electron chi connectivity index (χ3n) is 4.29. The van der Waals surface area contributed by atoms with Crippen LogP contribution in [0, 0.1) is 12.8 Å². The number of hydrogen-bond acceptors (Lipinski definition) is 4. The van der Waals surface area contributed by atoms with Gasteiger partial charge in [-0.2, -0.15) is 0 Å². The fourth-order valence-corrected chi connectivity index (χ4v) is 6.24. The van der Waals surface area contributed by atoms with E-state index < -0.39 is 15.4 Å². The van der Waals surface area contributed by atoms with Crippen LogP contribution >= 0.6 is 11.3 Å². The Bertz CT molecular complexity index is 649. The Morgan fingerprint density at radius 1 is 1.50 bits per heavy atom. The van der Waals surface area contributed by atoms with Gasteiger partial charge in [-0.25, -0.2) is 8.42 Å². The predicted molar refractivity (Wildman–Crippen MR) is 79.7 cm³/mol. The predicted octanol–water partition coefficient (Wildman–Crippen LogP) is 1.85. The van der Waals surface area contributed by atoms with Gasteiger partial charge < -0.3 is 5.32 Å². The van der Waals surface area contributed by atoms with Crippen LogP contribution in [0.3, 0.4) is 0 Å². The van der Waals surface area contributed by atoms with Crippen LogP contribution in [0.4, 0.5) is 0 Å². The van der Waals surface area contributed by atoms with Crippen LogP contribution in [-0.2, 0) is 14.6 Å². The van der Waals surface area contributed by atoms with Gasteiger partial charge in [0.2, 0.25) is 5.91 Å². The average molecular weight is 313 g/mol. The Morgan fingerprint density at radius 3 is 2.80 bits per heavy atom. The number of rotatable bonds is 3. The second-order valence-electron chi connectivity index (χ2n) is 6.31. The molecule has 1 saturated carbocycles. The van der Waals surface area contributed by atoms with Gasteiger partial charge in [0.15, 0.2) is 9.84 Å². The molecule has 0 spiro atoms. The van der Waals surface area contributed by atoms with Gasteiger partial charge in [0.05, 0.1) is 17.0 Å². The molecule has 2 aliphatic rings. The first kappa shape index (κ1) is 14.1. The molecular weight excluding hydrogens is 294 g/mol. The molecule has 1 aromatic heterocycles. The summed E-state index contributed by atoms with van der Waals surface area (Å²) in [5.41, 5.74) is 0.679. The van der Waals surface area contributed by atoms with Gasteiger partial charge in [0.25, 0.3) is 0 Å². The van der Waals surface area contributed by atoms with Crippen LogP contribution in [0.5, 0.6) is 0 Å². The lowest BCUT2D eigenvalue weighted by atomic mass is 10.0. The molecule has 3 rings (SSSR count). The van der Waals surface area contributed by atoms with Crippen molar-refractivity contribution in [2.75, 3.05) is 11.5 Å². The van der Waals surface area contributed by atoms with Crippen molar-refractivity contribution in [3.63, 3.8) is 0 Å². The van der Waals surface area contributed by atoms with Crippen molar-refractivity contribution < 1.29 is 13.2 Å². The van der Waals surface area contributed by atoms with Gasteiger partial charge in [-0.15, -0.1) is 11.3 Å². The number of carbonyl (C=O) groups is 1. The molecule has 6 heteroatoms. The van der Waals surface area contributed by atoms with E-state index in [4.69, 9.17) is 0 Å². The highest BCUT2D eigenvalue weighted by Gasteiger charge is 2.48. The van der Waals surface area contributed by atoms with Gasteiger partial charge >= 0.3 is 0 Å². The number of thiophene rings is 1. The largest absolute Gasteiger partial charge is 0.350 e. The fraction of sp³-hybridized carbons (Fsp3) is 0.643. The minimum absolute atomic E-state index is 0.0161. The van der Waals surface area contributed by atoms with E-state index in [1.165, 1.54) is 10.4 Å². The van der Waals surface area contributed by atoms with Crippen LogP contribution in [0.1, 0.15) is 36.1 Å². The van der Waals surface area contributed by atoms with E-state index in [2.05, 4.69) is 23.7 Å². The highest BCUT2D eigenvalue weighted by molar-refractivity contribution is 7.91. The van der Waals surface area contributed by atoms with Crippen LogP contribution < -0.4 is 5.32 Å². The van der Waals surface area contributed by atoms with Gasteiger partial charge in [0, 0.05) is 16.7 Å². The number of hydrogen-bond donors (Lipinski definition) is 1. The molecule has 0 unspecified atom stereocenters. The molecular formula is C14H19NO3S2. The first-order valence-electron chi connectivity index (χ1n) is 6.86. The molecule has 1 aliphatic heterocycles. The number of carbonyl (C=O) groups excluding carboxylic acids is 1. The number of nitrogens with one attached hydrogen (secondary N) is 1. The second-order valence-corrected chi connectivity index (χ2v) is 9.44. The second kappa shape index (κ2) is 4.56. The Hall–Kier alpha value is -0.880. The number of sulfone groups is 1. The summed E-state index contributed by atoms with van der Waals surface area (Å²) in [6.45, 7) is 3.91. The summed E-state index contributed by atoms with van der Waals surface area (Å²) in [5, 5.41) is 5.03. The van der Waals surface area contributed by atoms with Gasteiger partial charge in [-0.3, -0.25) is 4.79 Å². The van der Waals surface area contributed by atoms with Crippen molar-refractivity contribution in [2.45, 2.75) is 38.1 Å². The summed E-state index contributed by atoms with van der Waals surface area (Å²) in [4.78, 5) is 13.6. The Balaban J connectivity index is 1.64. The molecule has 0 bridgehead atoms. The third kappa shape index (κ3) is 2.63. The molecule has 0 aromatic carbocycles. The SMILES string of the molecule is Cc1ccsc1[C@@H]1C[C@@H]1C(=O)N[C@@]1(C)CCS(=O)(=O)C1. The van der Waals surface area contributed by atoms with Crippen molar-refractivity contribution in [3.05, 3.63) is 21.9 Å². The normalized spacial score (nSPS) is 34.9. The van der Waals surface area contributed by atoms with Gasteiger partial charge in [-0.1, -0.05) is 0 Å². The quantitative estimate of drug-likeness (QED) is 0.926. The van der Waals surface area contributed by atoms with Crippen molar-refractivity contribution in [2.24, 2.45) is 5.92 Å². The summed E-state index contributed by atoms with van der Waals surface area (Å²) in [5.74, 6) is 0.620. The van der Waals surface area contributed by atoms with E-state index in [1.807, 2.05) is 6.92 Å². The minimum Gasteiger partial charge on any atom is -0.350 e. The van der Waals surface area contributed by atoms with E-state index >= 15 is 0 Å². The smallest absolute Gasteiger partial charge is 0.224 e. The first-order chi connectivity index (χ1) is 9.30. The van der Waals surface area contributed by atoms with Crippen LogP contribution in [0.25, 0.3) is 0 Å². The lowest BCUT2D eigenvalue weighted by molar-refractivity contribution is -0.123. The maximum Gasteiger partial charge on any atom is 0.224 e. The summed E-state index contributed by atoms with van der Waals surface area (Å²) < 4.78 is 23.1. The Labute approximate surface area is 123 Å².